The first-order valence-electron chi connectivity index (χ1n) is 9.09. The Morgan fingerprint density at radius 1 is 1.38 bits per heavy atom. The fourth-order valence-corrected chi connectivity index (χ4v) is 3.04. The van der Waals surface area contributed by atoms with E-state index in [4.69, 9.17) is 22.1 Å². The molecule has 0 saturated heterocycles. The zero-order chi connectivity index (χ0) is 21.1. The van der Waals surface area contributed by atoms with Gasteiger partial charge in [-0.3, -0.25) is 9.20 Å². The number of aromatic nitrogens is 2. The summed E-state index contributed by atoms with van der Waals surface area (Å²) < 4.78 is 34.8. The average Bonchev–Trinajstić information content (AvgIpc) is 3.01. The van der Waals surface area contributed by atoms with Gasteiger partial charge in [0.05, 0.1) is 16.3 Å². The summed E-state index contributed by atoms with van der Waals surface area (Å²) >= 11 is 6.18. The number of nitrogens with two attached hydrogens (primary N) is 1. The third-order valence-electron chi connectivity index (χ3n) is 4.53. The van der Waals surface area contributed by atoms with Crippen LogP contribution in [0.3, 0.4) is 0 Å². The van der Waals surface area contributed by atoms with Gasteiger partial charge in [-0.2, -0.15) is 0 Å². The molecule has 0 unspecified atom stereocenters. The number of nitrogens with one attached hydrogen (secondary N) is 1. The monoisotopic (exact) mass is 422 g/mol. The van der Waals surface area contributed by atoms with Crippen molar-refractivity contribution in [3.05, 3.63) is 64.1 Å². The molecule has 0 aliphatic carbocycles. The van der Waals surface area contributed by atoms with E-state index in [0.717, 1.165) is 18.6 Å². The molecule has 0 spiro atoms. The maximum absolute atomic E-state index is 13.9. The quantitative estimate of drug-likeness (QED) is 0.609. The number of hydrogen-bond acceptors (Lipinski definition) is 4. The van der Waals surface area contributed by atoms with Gasteiger partial charge in [0.1, 0.15) is 23.9 Å². The van der Waals surface area contributed by atoms with E-state index in [9.17, 15) is 13.6 Å². The number of rotatable bonds is 7. The Bertz CT molecular complexity index is 1030. The number of ether oxygens (including phenoxy) is 1. The van der Waals surface area contributed by atoms with E-state index >= 15 is 0 Å². The Morgan fingerprint density at radius 2 is 2.07 bits per heavy atom. The second kappa shape index (κ2) is 8.75. The number of benzene rings is 1. The predicted molar refractivity (Wildman–Crippen MR) is 106 cm³/mol. The Morgan fingerprint density at radius 3 is 2.72 bits per heavy atom. The van der Waals surface area contributed by atoms with Crippen LogP contribution >= 0.6 is 11.6 Å². The van der Waals surface area contributed by atoms with E-state index in [1.54, 1.807) is 6.92 Å². The molecule has 9 heteroatoms. The summed E-state index contributed by atoms with van der Waals surface area (Å²) in [4.78, 5) is 17.0. The molecule has 2 aromatic heterocycles. The van der Waals surface area contributed by atoms with E-state index in [0.29, 0.717) is 17.9 Å². The van der Waals surface area contributed by atoms with Crippen molar-refractivity contribution in [3.63, 3.8) is 0 Å². The number of pyridine rings is 1. The van der Waals surface area contributed by atoms with E-state index < -0.39 is 11.6 Å². The van der Waals surface area contributed by atoms with Crippen LogP contribution in [-0.4, -0.2) is 27.9 Å². The average molecular weight is 423 g/mol. The Kier molecular flexibility index (Phi) is 6.34. The molecular formula is C20H21ClF2N4O2. The van der Waals surface area contributed by atoms with Crippen LogP contribution in [0, 0.1) is 18.6 Å². The molecule has 2 heterocycles. The van der Waals surface area contributed by atoms with Gasteiger partial charge in [0.15, 0.2) is 11.4 Å². The van der Waals surface area contributed by atoms with E-state index in [1.807, 2.05) is 6.92 Å². The highest BCUT2D eigenvalue weighted by Gasteiger charge is 2.20. The van der Waals surface area contributed by atoms with Crippen LogP contribution in [0.1, 0.15) is 35.1 Å². The third-order valence-corrected chi connectivity index (χ3v) is 4.73. The number of carbonyl (C=O) groups is 1. The molecule has 0 radical (unpaired) electrons. The molecule has 6 nitrogen and oxygen atoms in total. The lowest BCUT2D eigenvalue weighted by atomic mass is 10.2. The molecule has 3 aromatic rings. The van der Waals surface area contributed by atoms with Gasteiger partial charge in [-0.25, -0.2) is 13.8 Å². The summed E-state index contributed by atoms with van der Waals surface area (Å²) in [5.41, 5.74) is 6.70. The van der Waals surface area contributed by atoms with Crippen molar-refractivity contribution in [1.29, 1.82) is 0 Å². The fraction of sp³-hybridized carbons (Fsp3) is 0.300. The summed E-state index contributed by atoms with van der Waals surface area (Å²) in [6.07, 6.45) is 2.25. The number of hydrogen-bond donors (Lipinski definition) is 2. The van der Waals surface area contributed by atoms with Crippen molar-refractivity contribution < 1.29 is 18.3 Å². The number of nitrogens with zero attached hydrogens (tertiary/aromatic N) is 2. The molecule has 1 aromatic carbocycles. The van der Waals surface area contributed by atoms with Crippen LogP contribution in [-0.2, 0) is 6.61 Å². The van der Waals surface area contributed by atoms with Crippen molar-refractivity contribution in [2.45, 2.75) is 32.9 Å². The standard InChI is InChI=1S/C20H21ClF2N4O2/c1-3-13(24)8-25-20(28)18-11(2)26-19-17(7-12(21)9-27(18)19)29-10-14-15(22)5-4-6-16(14)23/h4-7,9,13H,3,8,10,24H2,1-2H3,(H,25,28)/t13-/m1/s1. The summed E-state index contributed by atoms with van der Waals surface area (Å²) in [7, 11) is 0. The second-order valence-electron chi connectivity index (χ2n) is 6.63. The van der Waals surface area contributed by atoms with Gasteiger partial charge in [-0.1, -0.05) is 24.6 Å². The van der Waals surface area contributed by atoms with Crippen LogP contribution in [0.2, 0.25) is 5.02 Å². The normalized spacial score (nSPS) is 12.2. The minimum absolute atomic E-state index is 0.156. The predicted octanol–water partition coefficient (Wildman–Crippen LogP) is 3.62. The number of imidazole rings is 1. The van der Waals surface area contributed by atoms with Gasteiger partial charge < -0.3 is 15.8 Å². The van der Waals surface area contributed by atoms with Crippen molar-refractivity contribution in [2.75, 3.05) is 6.54 Å². The first kappa shape index (κ1) is 21.0. The van der Waals surface area contributed by atoms with E-state index in [1.165, 1.54) is 22.7 Å². The lowest BCUT2D eigenvalue weighted by molar-refractivity contribution is 0.0944. The zero-order valence-corrected chi connectivity index (χ0v) is 16.8. The van der Waals surface area contributed by atoms with Crippen LogP contribution < -0.4 is 15.8 Å². The maximum Gasteiger partial charge on any atom is 0.270 e. The zero-order valence-electron chi connectivity index (χ0n) is 16.0. The SMILES string of the molecule is CC[C@@H](N)CNC(=O)c1c(C)nc2c(OCc3c(F)cccc3F)cc(Cl)cn12. The molecule has 3 rings (SSSR count). The summed E-state index contributed by atoms with van der Waals surface area (Å²) in [6.45, 7) is 3.57. The molecule has 0 aliphatic rings. The van der Waals surface area contributed by atoms with E-state index in [-0.39, 0.29) is 40.6 Å². The first-order valence-corrected chi connectivity index (χ1v) is 9.47. The van der Waals surface area contributed by atoms with Crippen LogP contribution in [0.5, 0.6) is 5.75 Å². The van der Waals surface area contributed by atoms with Gasteiger partial charge in [-0.05, 0) is 25.5 Å². The molecule has 0 saturated carbocycles. The van der Waals surface area contributed by atoms with Crippen molar-refractivity contribution in [2.24, 2.45) is 5.73 Å². The maximum atomic E-state index is 13.9. The van der Waals surface area contributed by atoms with Crippen LogP contribution in [0.25, 0.3) is 5.65 Å². The van der Waals surface area contributed by atoms with Crippen molar-refractivity contribution >= 4 is 23.2 Å². The highest BCUT2D eigenvalue weighted by atomic mass is 35.5. The Hall–Kier alpha value is -2.71. The number of amides is 1. The molecule has 3 N–H and O–H groups in total. The van der Waals surface area contributed by atoms with Crippen molar-refractivity contribution in [1.82, 2.24) is 14.7 Å². The minimum atomic E-state index is -0.713. The van der Waals surface area contributed by atoms with Gasteiger partial charge in [0.2, 0.25) is 0 Å². The third kappa shape index (κ3) is 4.49. The summed E-state index contributed by atoms with van der Waals surface area (Å²) in [5, 5.41) is 3.05. The molecule has 1 amide bonds. The topological polar surface area (TPSA) is 81.6 Å². The lowest BCUT2D eigenvalue weighted by Crippen LogP contribution is -2.37. The Labute approximate surface area is 171 Å². The summed E-state index contributed by atoms with van der Waals surface area (Å²) in [5.74, 6) is -1.58. The number of fused-ring (bicyclic) bond motifs is 1. The van der Waals surface area contributed by atoms with Gasteiger partial charge >= 0.3 is 0 Å². The largest absolute Gasteiger partial charge is 0.485 e. The molecule has 0 bridgehead atoms. The van der Waals surface area contributed by atoms with Crippen LogP contribution in [0.4, 0.5) is 8.78 Å². The van der Waals surface area contributed by atoms with Gasteiger partial charge in [0, 0.05) is 24.8 Å². The van der Waals surface area contributed by atoms with E-state index in [2.05, 4.69) is 10.3 Å². The smallest absolute Gasteiger partial charge is 0.270 e. The number of halogens is 3. The molecule has 154 valence electrons. The van der Waals surface area contributed by atoms with Gasteiger partial charge in [0.25, 0.3) is 5.91 Å². The van der Waals surface area contributed by atoms with Crippen molar-refractivity contribution in [3.8, 4) is 5.75 Å². The Balaban J connectivity index is 1.93. The fourth-order valence-electron chi connectivity index (χ4n) is 2.85. The van der Waals surface area contributed by atoms with Gasteiger partial charge in [-0.15, -0.1) is 0 Å². The lowest BCUT2D eigenvalue weighted by Gasteiger charge is -2.12. The summed E-state index contributed by atoms with van der Waals surface area (Å²) in [6, 6.07) is 4.91. The molecule has 29 heavy (non-hydrogen) atoms. The molecule has 0 fully saturated rings. The number of carbonyl (C=O) groups excluding carboxylic acids is 1. The first-order chi connectivity index (χ1) is 13.8. The highest BCUT2D eigenvalue weighted by molar-refractivity contribution is 6.30. The molecule has 0 aliphatic heterocycles. The second-order valence-corrected chi connectivity index (χ2v) is 7.07. The highest BCUT2D eigenvalue weighted by Crippen LogP contribution is 2.28. The molecular weight excluding hydrogens is 402 g/mol. The number of aryl methyl sites for hydroxylation is 1. The molecule has 1 atom stereocenters. The minimum Gasteiger partial charge on any atom is -0.485 e. The van der Waals surface area contributed by atoms with Crippen LogP contribution in [0.15, 0.2) is 30.5 Å².